The predicted octanol–water partition coefficient (Wildman–Crippen LogP) is 2.19. The molecule has 0 radical (unpaired) electrons. The van der Waals surface area contributed by atoms with Gasteiger partial charge in [0, 0.05) is 12.2 Å². The Bertz CT molecular complexity index is 489. The molecule has 1 N–H and O–H groups in total. The highest BCUT2D eigenvalue weighted by atomic mass is 16.2. The van der Waals surface area contributed by atoms with E-state index in [9.17, 15) is 4.79 Å². The van der Waals surface area contributed by atoms with E-state index in [1.807, 2.05) is 30.3 Å². The van der Waals surface area contributed by atoms with E-state index in [0.29, 0.717) is 12.0 Å². The van der Waals surface area contributed by atoms with Gasteiger partial charge in [-0.1, -0.05) is 36.4 Å². The molecule has 15 heavy (non-hydrogen) atoms. The van der Waals surface area contributed by atoms with Gasteiger partial charge in [-0.25, -0.2) is 0 Å². The molecule has 0 aliphatic heterocycles. The standard InChI is InChI=1S/C13H12O2/c14-8-7-10-5-6-11(9-15)13-4-2-1-3-12(10)13/h1-6,9,14H,7-8H2. The zero-order valence-corrected chi connectivity index (χ0v) is 8.31. The molecule has 0 atom stereocenters. The molecule has 0 saturated heterocycles. The molecule has 2 heteroatoms. The maximum absolute atomic E-state index is 10.8. The monoisotopic (exact) mass is 200 g/mol. The SMILES string of the molecule is O=Cc1ccc(CCO)c2ccccc12. The summed E-state index contributed by atoms with van der Waals surface area (Å²) in [6.07, 6.45) is 1.49. The van der Waals surface area contributed by atoms with Crippen molar-refractivity contribution < 1.29 is 9.90 Å². The summed E-state index contributed by atoms with van der Waals surface area (Å²) in [5, 5.41) is 10.9. The lowest BCUT2D eigenvalue weighted by Crippen LogP contribution is -1.94. The molecule has 0 amide bonds. The van der Waals surface area contributed by atoms with Crippen LogP contribution in [-0.4, -0.2) is 18.0 Å². The Labute approximate surface area is 88.2 Å². The summed E-state index contributed by atoms with van der Waals surface area (Å²) < 4.78 is 0. The van der Waals surface area contributed by atoms with Crippen LogP contribution in [0.4, 0.5) is 0 Å². The lowest BCUT2D eigenvalue weighted by molar-refractivity contribution is 0.112. The van der Waals surface area contributed by atoms with Crippen molar-refractivity contribution in [3.05, 3.63) is 47.5 Å². The van der Waals surface area contributed by atoms with Gasteiger partial charge >= 0.3 is 0 Å². The van der Waals surface area contributed by atoms with Gasteiger partial charge in [-0.2, -0.15) is 0 Å². The summed E-state index contributed by atoms with van der Waals surface area (Å²) in [5.41, 5.74) is 1.78. The van der Waals surface area contributed by atoms with Crippen LogP contribution in [0.5, 0.6) is 0 Å². The van der Waals surface area contributed by atoms with Crippen molar-refractivity contribution in [1.29, 1.82) is 0 Å². The highest BCUT2D eigenvalue weighted by molar-refractivity contribution is 5.99. The minimum Gasteiger partial charge on any atom is -0.396 e. The van der Waals surface area contributed by atoms with Crippen molar-refractivity contribution in [2.45, 2.75) is 6.42 Å². The van der Waals surface area contributed by atoms with Crippen LogP contribution in [-0.2, 0) is 6.42 Å². The number of hydrogen-bond donors (Lipinski definition) is 1. The maximum Gasteiger partial charge on any atom is 0.150 e. The molecule has 0 aliphatic rings. The Morgan fingerprint density at radius 2 is 1.80 bits per heavy atom. The Morgan fingerprint density at radius 1 is 1.07 bits per heavy atom. The van der Waals surface area contributed by atoms with Crippen molar-refractivity contribution in [2.75, 3.05) is 6.61 Å². The molecule has 2 rings (SSSR count). The van der Waals surface area contributed by atoms with Crippen molar-refractivity contribution >= 4 is 17.1 Å². The summed E-state index contributed by atoms with van der Waals surface area (Å²) in [4.78, 5) is 10.8. The molecule has 0 unspecified atom stereocenters. The number of carbonyl (C=O) groups is 1. The summed E-state index contributed by atoms with van der Waals surface area (Å²) in [6.45, 7) is 0.129. The van der Waals surface area contributed by atoms with Gasteiger partial charge in [0.15, 0.2) is 6.29 Å². The van der Waals surface area contributed by atoms with Crippen LogP contribution in [0, 0.1) is 0 Å². The van der Waals surface area contributed by atoms with Gasteiger partial charge < -0.3 is 5.11 Å². The minimum atomic E-state index is 0.129. The summed E-state index contributed by atoms with van der Waals surface area (Å²) in [7, 11) is 0. The van der Waals surface area contributed by atoms with Gasteiger partial charge in [0.2, 0.25) is 0 Å². The third-order valence-corrected chi connectivity index (χ3v) is 2.56. The number of fused-ring (bicyclic) bond motifs is 1. The molecule has 2 nitrogen and oxygen atoms in total. The second-order valence-corrected chi connectivity index (χ2v) is 3.45. The van der Waals surface area contributed by atoms with Crippen LogP contribution in [0.1, 0.15) is 15.9 Å². The Balaban J connectivity index is 2.71. The minimum absolute atomic E-state index is 0.129. The molecular weight excluding hydrogens is 188 g/mol. The number of carbonyl (C=O) groups excluding carboxylic acids is 1. The van der Waals surface area contributed by atoms with E-state index in [2.05, 4.69) is 0 Å². The van der Waals surface area contributed by atoms with Gasteiger partial charge in [-0.05, 0) is 22.8 Å². The van der Waals surface area contributed by atoms with Crippen molar-refractivity contribution in [1.82, 2.24) is 0 Å². The van der Waals surface area contributed by atoms with E-state index >= 15 is 0 Å². The molecule has 0 heterocycles. The number of benzene rings is 2. The van der Waals surface area contributed by atoms with Crippen molar-refractivity contribution in [2.24, 2.45) is 0 Å². The number of aldehydes is 1. The molecule has 0 spiro atoms. The largest absolute Gasteiger partial charge is 0.396 e. The highest BCUT2D eigenvalue weighted by Gasteiger charge is 2.03. The van der Waals surface area contributed by atoms with Gasteiger partial charge in [0.05, 0.1) is 0 Å². The lowest BCUT2D eigenvalue weighted by Gasteiger charge is -2.06. The average molecular weight is 200 g/mol. The van der Waals surface area contributed by atoms with Crippen LogP contribution >= 0.6 is 0 Å². The number of rotatable bonds is 3. The first kappa shape index (κ1) is 9.87. The third-order valence-electron chi connectivity index (χ3n) is 2.56. The number of aliphatic hydroxyl groups excluding tert-OH is 1. The molecule has 76 valence electrons. The fraction of sp³-hybridized carbons (Fsp3) is 0.154. The molecule has 0 aliphatic carbocycles. The Morgan fingerprint density at radius 3 is 2.47 bits per heavy atom. The molecule has 2 aromatic rings. The summed E-state index contributed by atoms with van der Waals surface area (Å²) in [5.74, 6) is 0. The first-order chi connectivity index (χ1) is 7.36. The van der Waals surface area contributed by atoms with Crippen LogP contribution in [0.25, 0.3) is 10.8 Å². The second-order valence-electron chi connectivity index (χ2n) is 3.45. The van der Waals surface area contributed by atoms with E-state index in [-0.39, 0.29) is 6.61 Å². The number of hydrogen-bond acceptors (Lipinski definition) is 2. The van der Waals surface area contributed by atoms with Crippen LogP contribution in [0.3, 0.4) is 0 Å². The van der Waals surface area contributed by atoms with E-state index in [0.717, 1.165) is 22.6 Å². The van der Waals surface area contributed by atoms with E-state index in [1.54, 1.807) is 6.07 Å². The quantitative estimate of drug-likeness (QED) is 0.771. The maximum atomic E-state index is 10.8. The van der Waals surface area contributed by atoms with Gasteiger partial charge in [-0.3, -0.25) is 4.79 Å². The molecule has 0 aromatic heterocycles. The fourth-order valence-corrected chi connectivity index (χ4v) is 1.83. The zero-order chi connectivity index (χ0) is 10.7. The molecule has 0 bridgehead atoms. The lowest BCUT2D eigenvalue weighted by atomic mass is 9.98. The Hall–Kier alpha value is -1.67. The summed E-state index contributed by atoms with van der Waals surface area (Å²) in [6, 6.07) is 11.5. The topological polar surface area (TPSA) is 37.3 Å². The second kappa shape index (κ2) is 4.24. The van der Waals surface area contributed by atoms with Crippen LogP contribution < -0.4 is 0 Å². The van der Waals surface area contributed by atoms with E-state index in [4.69, 9.17) is 5.11 Å². The zero-order valence-electron chi connectivity index (χ0n) is 8.31. The smallest absolute Gasteiger partial charge is 0.150 e. The molecular formula is C13H12O2. The highest BCUT2D eigenvalue weighted by Crippen LogP contribution is 2.22. The van der Waals surface area contributed by atoms with E-state index in [1.165, 1.54) is 0 Å². The van der Waals surface area contributed by atoms with Crippen molar-refractivity contribution in [3.63, 3.8) is 0 Å². The average Bonchev–Trinajstić information content (AvgIpc) is 2.30. The van der Waals surface area contributed by atoms with Gasteiger partial charge in [0.1, 0.15) is 0 Å². The number of aliphatic hydroxyl groups is 1. The first-order valence-electron chi connectivity index (χ1n) is 4.93. The molecule has 2 aromatic carbocycles. The predicted molar refractivity (Wildman–Crippen MR) is 60.1 cm³/mol. The van der Waals surface area contributed by atoms with Crippen LogP contribution in [0.15, 0.2) is 36.4 Å². The van der Waals surface area contributed by atoms with Crippen molar-refractivity contribution in [3.8, 4) is 0 Å². The third kappa shape index (κ3) is 1.76. The molecule has 0 fully saturated rings. The summed E-state index contributed by atoms with van der Waals surface area (Å²) >= 11 is 0. The Kier molecular flexibility index (Phi) is 2.79. The molecule has 0 saturated carbocycles. The normalized spacial score (nSPS) is 10.5. The first-order valence-corrected chi connectivity index (χ1v) is 4.93. The van der Waals surface area contributed by atoms with Gasteiger partial charge in [-0.15, -0.1) is 0 Å². The van der Waals surface area contributed by atoms with Crippen LogP contribution in [0.2, 0.25) is 0 Å². The van der Waals surface area contributed by atoms with Gasteiger partial charge in [0.25, 0.3) is 0 Å². The van der Waals surface area contributed by atoms with E-state index < -0.39 is 0 Å². The fourth-order valence-electron chi connectivity index (χ4n) is 1.83.